The summed E-state index contributed by atoms with van der Waals surface area (Å²) in [7, 11) is 0. The van der Waals surface area contributed by atoms with Crippen molar-refractivity contribution in [1.82, 2.24) is 4.98 Å². The van der Waals surface area contributed by atoms with Crippen molar-refractivity contribution in [3.05, 3.63) is 40.6 Å². The number of carboxylic acid groups (broad SMARTS) is 1. The van der Waals surface area contributed by atoms with E-state index in [-0.39, 0.29) is 23.8 Å². The molecule has 0 amide bonds. The number of para-hydroxylation sites is 1. The summed E-state index contributed by atoms with van der Waals surface area (Å²) >= 11 is 0. The summed E-state index contributed by atoms with van der Waals surface area (Å²) in [5.74, 6) is -0.919. The number of anilines is 1. The number of non-ortho nitro benzene ring substituents is 1. The second-order valence-corrected chi connectivity index (χ2v) is 5.01. The molecule has 0 unspecified atom stereocenters. The molecule has 1 heterocycles. The second-order valence-electron chi connectivity index (χ2n) is 5.01. The van der Waals surface area contributed by atoms with E-state index in [4.69, 9.17) is 5.11 Å². The summed E-state index contributed by atoms with van der Waals surface area (Å²) in [6.07, 6.45) is 3.36. The Bertz CT molecular complexity index is 727. The zero-order chi connectivity index (χ0) is 15.0. The minimum atomic E-state index is -0.919. The molecule has 1 N–H and O–H groups in total. The van der Waals surface area contributed by atoms with Gasteiger partial charge in [-0.05, 0) is 18.9 Å². The van der Waals surface area contributed by atoms with Crippen molar-refractivity contribution in [1.29, 1.82) is 0 Å². The number of benzene rings is 1. The Kier molecular flexibility index (Phi) is 3.17. The van der Waals surface area contributed by atoms with Gasteiger partial charge in [-0.2, -0.15) is 0 Å². The Morgan fingerprint density at radius 1 is 1.43 bits per heavy atom. The SMILES string of the molecule is O=C(O)CN(c1ccnc2c([N+](=O)[O-])cccc12)C1CC1. The van der Waals surface area contributed by atoms with Gasteiger partial charge in [0.1, 0.15) is 12.1 Å². The van der Waals surface area contributed by atoms with Gasteiger partial charge < -0.3 is 10.0 Å². The monoisotopic (exact) mass is 287 g/mol. The molecule has 0 aliphatic heterocycles. The number of nitrogens with zero attached hydrogens (tertiary/aromatic N) is 3. The molecule has 7 heteroatoms. The van der Waals surface area contributed by atoms with Crippen LogP contribution in [-0.2, 0) is 4.79 Å². The van der Waals surface area contributed by atoms with Crippen molar-refractivity contribution in [2.24, 2.45) is 0 Å². The fourth-order valence-electron chi connectivity index (χ4n) is 2.49. The molecular formula is C14H13N3O4. The van der Waals surface area contributed by atoms with Crippen LogP contribution in [-0.4, -0.2) is 33.6 Å². The van der Waals surface area contributed by atoms with E-state index in [1.54, 1.807) is 23.1 Å². The van der Waals surface area contributed by atoms with Gasteiger partial charge in [-0.15, -0.1) is 0 Å². The third-order valence-corrected chi connectivity index (χ3v) is 3.53. The molecule has 2 aromatic rings. The Hall–Kier alpha value is -2.70. The summed E-state index contributed by atoms with van der Waals surface area (Å²) in [5.41, 5.74) is 0.907. The average Bonchev–Trinajstić information content (AvgIpc) is 3.27. The predicted octanol–water partition coefficient (Wildman–Crippen LogP) is 2.20. The lowest BCUT2D eigenvalue weighted by Gasteiger charge is -2.23. The number of hydrogen-bond acceptors (Lipinski definition) is 5. The fourth-order valence-corrected chi connectivity index (χ4v) is 2.49. The number of carboxylic acids is 1. The Morgan fingerprint density at radius 2 is 2.19 bits per heavy atom. The zero-order valence-corrected chi connectivity index (χ0v) is 11.1. The van der Waals surface area contributed by atoms with E-state index in [0.29, 0.717) is 11.1 Å². The van der Waals surface area contributed by atoms with E-state index in [1.807, 2.05) is 0 Å². The van der Waals surface area contributed by atoms with Crippen LogP contribution in [0.1, 0.15) is 12.8 Å². The first kappa shape index (κ1) is 13.3. The molecule has 21 heavy (non-hydrogen) atoms. The summed E-state index contributed by atoms with van der Waals surface area (Å²) in [5, 5.41) is 20.8. The first-order valence-corrected chi connectivity index (χ1v) is 6.58. The second kappa shape index (κ2) is 5.01. The van der Waals surface area contributed by atoms with Crippen LogP contribution in [0.15, 0.2) is 30.5 Å². The zero-order valence-electron chi connectivity index (χ0n) is 11.1. The molecular weight excluding hydrogens is 274 g/mol. The van der Waals surface area contributed by atoms with E-state index in [1.165, 1.54) is 12.3 Å². The Balaban J connectivity index is 2.15. The fraction of sp³-hybridized carbons (Fsp3) is 0.286. The van der Waals surface area contributed by atoms with E-state index >= 15 is 0 Å². The number of fused-ring (bicyclic) bond motifs is 1. The predicted molar refractivity (Wildman–Crippen MR) is 76.4 cm³/mol. The number of carbonyl (C=O) groups is 1. The molecule has 1 aliphatic rings. The largest absolute Gasteiger partial charge is 0.480 e. The molecule has 0 saturated heterocycles. The quantitative estimate of drug-likeness (QED) is 0.669. The van der Waals surface area contributed by atoms with Crippen LogP contribution < -0.4 is 4.90 Å². The van der Waals surface area contributed by atoms with Crippen molar-refractivity contribution < 1.29 is 14.8 Å². The van der Waals surface area contributed by atoms with Crippen molar-refractivity contribution in [2.45, 2.75) is 18.9 Å². The molecule has 1 aliphatic carbocycles. The van der Waals surface area contributed by atoms with E-state index in [9.17, 15) is 14.9 Å². The Morgan fingerprint density at radius 3 is 2.81 bits per heavy atom. The van der Waals surface area contributed by atoms with Crippen LogP contribution in [0.2, 0.25) is 0 Å². The maximum atomic E-state index is 11.1. The van der Waals surface area contributed by atoms with Gasteiger partial charge in [0, 0.05) is 29.4 Å². The minimum absolute atomic E-state index is 0.0691. The topological polar surface area (TPSA) is 96.6 Å². The molecule has 0 spiro atoms. The third kappa shape index (κ3) is 2.49. The van der Waals surface area contributed by atoms with Gasteiger partial charge in [0.25, 0.3) is 5.69 Å². The first-order chi connectivity index (χ1) is 10.1. The number of nitro groups is 1. The molecule has 1 aromatic heterocycles. The highest BCUT2D eigenvalue weighted by atomic mass is 16.6. The maximum Gasteiger partial charge on any atom is 0.323 e. The van der Waals surface area contributed by atoms with Crippen LogP contribution in [0, 0.1) is 10.1 Å². The minimum Gasteiger partial charge on any atom is -0.480 e. The highest BCUT2D eigenvalue weighted by molar-refractivity contribution is 5.97. The van der Waals surface area contributed by atoms with E-state index < -0.39 is 10.9 Å². The number of nitro benzene ring substituents is 1. The molecule has 0 radical (unpaired) electrons. The van der Waals surface area contributed by atoms with Crippen molar-refractivity contribution in [3.63, 3.8) is 0 Å². The number of rotatable bonds is 5. The van der Waals surface area contributed by atoms with Crippen molar-refractivity contribution in [2.75, 3.05) is 11.4 Å². The molecule has 1 aromatic carbocycles. The van der Waals surface area contributed by atoms with Gasteiger partial charge in [0.2, 0.25) is 0 Å². The van der Waals surface area contributed by atoms with Gasteiger partial charge >= 0.3 is 5.97 Å². The molecule has 7 nitrogen and oxygen atoms in total. The molecule has 0 atom stereocenters. The molecule has 108 valence electrons. The average molecular weight is 287 g/mol. The van der Waals surface area contributed by atoms with Crippen LogP contribution >= 0.6 is 0 Å². The molecule has 3 rings (SSSR count). The standard InChI is InChI=1S/C14H13N3O4/c18-13(19)8-16(9-4-5-9)11-6-7-15-14-10(11)2-1-3-12(14)17(20)21/h1-3,6-7,9H,4-5,8H2,(H,18,19). The van der Waals surface area contributed by atoms with E-state index in [0.717, 1.165) is 12.8 Å². The van der Waals surface area contributed by atoms with E-state index in [2.05, 4.69) is 4.98 Å². The van der Waals surface area contributed by atoms with Crippen molar-refractivity contribution >= 4 is 28.2 Å². The van der Waals surface area contributed by atoms with Crippen LogP contribution in [0.25, 0.3) is 10.9 Å². The normalized spacial score (nSPS) is 14.1. The van der Waals surface area contributed by atoms with Crippen LogP contribution in [0.5, 0.6) is 0 Å². The first-order valence-electron chi connectivity index (χ1n) is 6.58. The number of aliphatic carboxylic acids is 1. The summed E-state index contributed by atoms with van der Waals surface area (Å²) in [6, 6.07) is 6.63. The van der Waals surface area contributed by atoms with Gasteiger partial charge in [-0.25, -0.2) is 4.98 Å². The molecule has 1 saturated carbocycles. The summed E-state index contributed by atoms with van der Waals surface area (Å²) < 4.78 is 0. The number of aromatic nitrogens is 1. The lowest BCUT2D eigenvalue weighted by Crippen LogP contribution is -2.31. The van der Waals surface area contributed by atoms with Crippen LogP contribution in [0.4, 0.5) is 11.4 Å². The molecule has 1 fully saturated rings. The maximum absolute atomic E-state index is 11.1. The van der Waals surface area contributed by atoms with Gasteiger partial charge in [-0.3, -0.25) is 14.9 Å². The lowest BCUT2D eigenvalue weighted by molar-refractivity contribution is -0.383. The lowest BCUT2D eigenvalue weighted by atomic mass is 10.1. The highest BCUT2D eigenvalue weighted by Crippen LogP contribution is 2.36. The van der Waals surface area contributed by atoms with Gasteiger partial charge in [0.05, 0.1) is 4.92 Å². The summed E-state index contributed by atoms with van der Waals surface area (Å²) in [6.45, 7) is -0.119. The van der Waals surface area contributed by atoms with Crippen LogP contribution in [0.3, 0.4) is 0 Å². The van der Waals surface area contributed by atoms with Gasteiger partial charge in [0.15, 0.2) is 0 Å². The third-order valence-electron chi connectivity index (χ3n) is 3.53. The smallest absolute Gasteiger partial charge is 0.323 e. The molecule has 0 bridgehead atoms. The van der Waals surface area contributed by atoms with Gasteiger partial charge in [-0.1, -0.05) is 12.1 Å². The summed E-state index contributed by atoms with van der Waals surface area (Å²) in [4.78, 5) is 27.5. The number of hydrogen-bond donors (Lipinski definition) is 1. The highest BCUT2D eigenvalue weighted by Gasteiger charge is 2.32. The number of pyridine rings is 1. The van der Waals surface area contributed by atoms with Crippen molar-refractivity contribution in [3.8, 4) is 0 Å². The Labute approximate surface area is 120 Å².